The molecular formula is C22H20BrN3OS. The Morgan fingerprint density at radius 1 is 0.964 bits per heavy atom. The van der Waals surface area contributed by atoms with E-state index < -0.39 is 0 Å². The maximum atomic E-state index is 5.96. The number of nitrogens with two attached hydrogens (primary N) is 1. The Morgan fingerprint density at radius 2 is 1.64 bits per heavy atom. The third-order valence-electron chi connectivity index (χ3n) is 3.80. The number of benzene rings is 3. The van der Waals surface area contributed by atoms with E-state index in [0.717, 1.165) is 27.1 Å². The summed E-state index contributed by atoms with van der Waals surface area (Å²) in [6.07, 6.45) is 1.66. The zero-order valence-electron chi connectivity index (χ0n) is 15.2. The first-order chi connectivity index (χ1) is 13.7. The van der Waals surface area contributed by atoms with Crippen molar-refractivity contribution >= 4 is 39.1 Å². The first-order valence-corrected chi connectivity index (χ1v) is 10.5. The molecule has 0 saturated heterocycles. The van der Waals surface area contributed by atoms with Gasteiger partial charge < -0.3 is 10.5 Å². The Balaban J connectivity index is 1.62. The third kappa shape index (κ3) is 6.55. The number of hydrogen-bond acceptors (Lipinski definition) is 4. The molecule has 0 fully saturated rings. The highest BCUT2D eigenvalue weighted by atomic mass is 79.9. The fourth-order valence-corrected chi connectivity index (χ4v) is 3.34. The molecule has 0 aromatic heterocycles. The lowest BCUT2D eigenvalue weighted by Crippen LogP contribution is -2.06. The molecule has 3 aromatic carbocycles. The second-order valence-corrected chi connectivity index (χ2v) is 7.82. The van der Waals surface area contributed by atoms with Gasteiger partial charge in [-0.2, -0.15) is 5.10 Å². The molecule has 28 heavy (non-hydrogen) atoms. The van der Waals surface area contributed by atoms with Gasteiger partial charge in [0.15, 0.2) is 5.17 Å². The predicted octanol–water partition coefficient (Wildman–Crippen LogP) is 5.61. The minimum Gasteiger partial charge on any atom is -0.488 e. The number of amidine groups is 1. The van der Waals surface area contributed by atoms with E-state index >= 15 is 0 Å². The van der Waals surface area contributed by atoms with Gasteiger partial charge >= 0.3 is 0 Å². The lowest BCUT2D eigenvalue weighted by atomic mass is 10.2. The molecule has 0 bridgehead atoms. The van der Waals surface area contributed by atoms with Crippen molar-refractivity contribution in [3.05, 3.63) is 100 Å². The van der Waals surface area contributed by atoms with Crippen molar-refractivity contribution < 1.29 is 4.74 Å². The highest BCUT2D eigenvalue weighted by Crippen LogP contribution is 2.23. The molecule has 0 spiro atoms. The molecule has 0 atom stereocenters. The molecule has 0 aliphatic heterocycles. The Labute approximate surface area is 177 Å². The molecule has 0 saturated carbocycles. The van der Waals surface area contributed by atoms with Gasteiger partial charge in [0.1, 0.15) is 12.4 Å². The summed E-state index contributed by atoms with van der Waals surface area (Å²) >= 11 is 4.94. The van der Waals surface area contributed by atoms with Crippen LogP contribution >= 0.6 is 27.7 Å². The number of thioether (sulfide) groups is 1. The van der Waals surface area contributed by atoms with E-state index in [1.165, 1.54) is 17.3 Å². The smallest absolute Gasteiger partial charge is 0.180 e. The van der Waals surface area contributed by atoms with Gasteiger partial charge in [0.25, 0.3) is 0 Å². The molecule has 0 aliphatic rings. The second-order valence-electron chi connectivity index (χ2n) is 5.91. The second kappa shape index (κ2) is 10.7. The highest BCUT2D eigenvalue weighted by molar-refractivity contribution is 9.10. The highest BCUT2D eigenvalue weighted by Gasteiger charge is 2.04. The third-order valence-corrected chi connectivity index (χ3v) is 5.14. The number of halogens is 1. The van der Waals surface area contributed by atoms with Gasteiger partial charge in [-0.3, -0.25) is 0 Å². The maximum absolute atomic E-state index is 5.96. The molecule has 4 nitrogen and oxygen atoms in total. The van der Waals surface area contributed by atoms with E-state index in [2.05, 4.69) is 38.3 Å². The Hall–Kier alpha value is -2.57. The average Bonchev–Trinajstić information content (AvgIpc) is 2.73. The summed E-state index contributed by atoms with van der Waals surface area (Å²) in [6.45, 7) is 0.483. The summed E-state index contributed by atoms with van der Waals surface area (Å²) in [4.78, 5) is 0. The van der Waals surface area contributed by atoms with Crippen LogP contribution in [0.3, 0.4) is 0 Å². The first-order valence-electron chi connectivity index (χ1n) is 8.70. The molecule has 3 aromatic rings. The lowest BCUT2D eigenvalue weighted by molar-refractivity contribution is 0.305. The molecule has 6 heteroatoms. The number of hydrogen-bond donors (Lipinski definition) is 1. The van der Waals surface area contributed by atoms with Crippen LogP contribution in [0.25, 0.3) is 0 Å². The normalized spacial score (nSPS) is 11.7. The van der Waals surface area contributed by atoms with E-state index in [4.69, 9.17) is 10.5 Å². The van der Waals surface area contributed by atoms with Crippen LogP contribution in [0, 0.1) is 0 Å². The number of nitrogens with zero attached hydrogens (tertiary/aromatic N) is 2. The van der Waals surface area contributed by atoms with Crippen molar-refractivity contribution in [3.63, 3.8) is 0 Å². The number of ether oxygens (including phenoxy) is 1. The van der Waals surface area contributed by atoms with Crippen molar-refractivity contribution in [2.75, 3.05) is 0 Å². The van der Waals surface area contributed by atoms with E-state index in [1.54, 1.807) is 6.21 Å². The largest absolute Gasteiger partial charge is 0.488 e. The predicted molar refractivity (Wildman–Crippen MR) is 122 cm³/mol. The van der Waals surface area contributed by atoms with Crippen LogP contribution in [0.1, 0.15) is 16.7 Å². The topological polar surface area (TPSA) is 60.0 Å². The van der Waals surface area contributed by atoms with Crippen molar-refractivity contribution in [3.8, 4) is 5.75 Å². The summed E-state index contributed by atoms with van der Waals surface area (Å²) in [6, 6.07) is 25.9. The van der Waals surface area contributed by atoms with Crippen LogP contribution < -0.4 is 10.5 Å². The monoisotopic (exact) mass is 453 g/mol. The summed E-state index contributed by atoms with van der Waals surface area (Å²) < 4.78 is 6.90. The SMILES string of the molecule is NC(=NN=Cc1ccc(Br)cc1OCc1ccccc1)SCc1ccccc1. The van der Waals surface area contributed by atoms with Crippen molar-refractivity contribution in [2.45, 2.75) is 12.4 Å². The van der Waals surface area contributed by atoms with Crippen LogP contribution in [0.2, 0.25) is 0 Å². The average molecular weight is 454 g/mol. The molecule has 3 rings (SSSR count). The molecule has 142 valence electrons. The summed E-state index contributed by atoms with van der Waals surface area (Å²) in [5, 5.41) is 8.62. The maximum Gasteiger partial charge on any atom is 0.180 e. The molecular weight excluding hydrogens is 434 g/mol. The van der Waals surface area contributed by atoms with Crippen LogP contribution in [-0.2, 0) is 12.4 Å². The summed E-state index contributed by atoms with van der Waals surface area (Å²) in [7, 11) is 0. The molecule has 0 amide bonds. The van der Waals surface area contributed by atoms with Crippen LogP contribution in [-0.4, -0.2) is 11.4 Å². The molecule has 0 radical (unpaired) electrons. The van der Waals surface area contributed by atoms with E-state index in [0.29, 0.717) is 11.8 Å². The van der Waals surface area contributed by atoms with Gasteiger partial charge in [0.2, 0.25) is 0 Å². The van der Waals surface area contributed by atoms with Gasteiger partial charge in [-0.15, -0.1) is 5.10 Å². The zero-order chi connectivity index (χ0) is 19.6. The van der Waals surface area contributed by atoms with Gasteiger partial charge in [-0.05, 0) is 29.3 Å². The molecule has 0 aliphatic carbocycles. The first kappa shape index (κ1) is 20.2. The van der Waals surface area contributed by atoms with Crippen LogP contribution in [0.4, 0.5) is 0 Å². The van der Waals surface area contributed by atoms with Gasteiger partial charge in [-0.1, -0.05) is 88.4 Å². The Bertz CT molecular complexity index is 947. The van der Waals surface area contributed by atoms with Crippen molar-refractivity contribution in [2.24, 2.45) is 15.9 Å². The number of rotatable bonds is 7. The quantitative estimate of drug-likeness (QED) is 0.287. The van der Waals surface area contributed by atoms with Gasteiger partial charge in [-0.25, -0.2) is 0 Å². The fraction of sp³-hybridized carbons (Fsp3) is 0.0909. The Morgan fingerprint density at radius 3 is 2.36 bits per heavy atom. The van der Waals surface area contributed by atoms with Gasteiger partial charge in [0, 0.05) is 15.8 Å². The van der Waals surface area contributed by atoms with Crippen molar-refractivity contribution in [1.82, 2.24) is 0 Å². The van der Waals surface area contributed by atoms with Gasteiger partial charge in [0.05, 0.1) is 6.21 Å². The standard InChI is InChI=1S/C22H20BrN3OS/c23-20-12-11-19(21(13-20)27-15-17-7-3-1-4-8-17)14-25-26-22(24)28-16-18-9-5-2-6-10-18/h1-14H,15-16H2,(H2,24,26). The van der Waals surface area contributed by atoms with E-state index in [9.17, 15) is 0 Å². The van der Waals surface area contributed by atoms with Crippen LogP contribution in [0.15, 0.2) is 93.5 Å². The minimum absolute atomic E-state index is 0.420. The van der Waals surface area contributed by atoms with Crippen molar-refractivity contribution in [1.29, 1.82) is 0 Å². The minimum atomic E-state index is 0.420. The molecule has 0 heterocycles. The summed E-state index contributed by atoms with van der Waals surface area (Å²) in [5.74, 6) is 1.49. The van der Waals surface area contributed by atoms with Crippen LogP contribution in [0.5, 0.6) is 5.75 Å². The Kier molecular flexibility index (Phi) is 7.70. The van der Waals surface area contributed by atoms with E-state index in [1.807, 2.05) is 66.7 Å². The lowest BCUT2D eigenvalue weighted by Gasteiger charge is -2.09. The molecule has 0 unspecified atom stereocenters. The fourth-order valence-electron chi connectivity index (χ4n) is 2.38. The van der Waals surface area contributed by atoms with E-state index in [-0.39, 0.29) is 0 Å². The molecule has 2 N–H and O–H groups in total. The zero-order valence-corrected chi connectivity index (χ0v) is 17.6. The summed E-state index contributed by atoms with van der Waals surface area (Å²) in [5.41, 5.74) is 9.08.